The third kappa shape index (κ3) is 3.47. The predicted octanol–water partition coefficient (Wildman–Crippen LogP) is 0.365. The third-order valence-electron chi connectivity index (χ3n) is 1.95. The molecule has 12 heavy (non-hydrogen) atoms. The zero-order chi connectivity index (χ0) is 9.56. The minimum Gasteiger partial charge on any atom is -0.395 e. The van der Waals surface area contributed by atoms with E-state index in [1.807, 2.05) is 13.8 Å². The van der Waals surface area contributed by atoms with Crippen LogP contribution in [0.15, 0.2) is 0 Å². The molecule has 0 saturated carbocycles. The molecule has 0 aliphatic rings. The highest BCUT2D eigenvalue weighted by Crippen LogP contribution is 2.03. The fourth-order valence-electron chi connectivity index (χ4n) is 1.30. The van der Waals surface area contributed by atoms with E-state index in [2.05, 4.69) is 4.90 Å². The van der Waals surface area contributed by atoms with Crippen molar-refractivity contribution >= 4 is 17.2 Å². The Morgan fingerprint density at radius 2 is 2.17 bits per heavy atom. The molecule has 72 valence electrons. The molecule has 1 atom stereocenters. The molecule has 0 radical (unpaired) electrons. The Kier molecular flexibility index (Phi) is 6.24. The lowest BCUT2D eigenvalue weighted by Crippen LogP contribution is -2.44. The van der Waals surface area contributed by atoms with Crippen molar-refractivity contribution in [2.75, 3.05) is 19.7 Å². The molecular weight excluding hydrogens is 172 g/mol. The van der Waals surface area contributed by atoms with Gasteiger partial charge in [0, 0.05) is 6.54 Å². The van der Waals surface area contributed by atoms with Gasteiger partial charge in [-0.1, -0.05) is 26.1 Å². The van der Waals surface area contributed by atoms with E-state index in [4.69, 9.17) is 23.1 Å². The summed E-state index contributed by atoms with van der Waals surface area (Å²) in [6.45, 7) is 5.76. The van der Waals surface area contributed by atoms with Crippen LogP contribution in [0.2, 0.25) is 0 Å². The van der Waals surface area contributed by atoms with Crippen LogP contribution in [0, 0.1) is 0 Å². The highest BCUT2D eigenvalue weighted by atomic mass is 32.1. The number of hydrogen-bond acceptors (Lipinski definition) is 3. The Hall–Kier alpha value is -0.190. The molecule has 0 bridgehead atoms. The summed E-state index contributed by atoms with van der Waals surface area (Å²) in [6.07, 6.45) is 0.906. The number of rotatable bonds is 6. The van der Waals surface area contributed by atoms with E-state index < -0.39 is 0 Å². The number of aliphatic hydroxyl groups excluding tert-OH is 1. The summed E-state index contributed by atoms with van der Waals surface area (Å²) in [5, 5.41) is 8.77. The van der Waals surface area contributed by atoms with Gasteiger partial charge in [-0.15, -0.1) is 0 Å². The van der Waals surface area contributed by atoms with Crippen LogP contribution >= 0.6 is 12.2 Å². The van der Waals surface area contributed by atoms with Gasteiger partial charge in [-0.3, -0.25) is 4.90 Å². The summed E-state index contributed by atoms with van der Waals surface area (Å²) in [4.78, 5) is 2.61. The summed E-state index contributed by atoms with van der Waals surface area (Å²) < 4.78 is 0. The van der Waals surface area contributed by atoms with Crippen molar-refractivity contribution < 1.29 is 5.11 Å². The van der Waals surface area contributed by atoms with Gasteiger partial charge in [0.2, 0.25) is 0 Å². The zero-order valence-electron chi connectivity index (χ0n) is 7.79. The van der Waals surface area contributed by atoms with Crippen LogP contribution in [0.1, 0.15) is 20.3 Å². The largest absolute Gasteiger partial charge is 0.395 e. The summed E-state index contributed by atoms with van der Waals surface area (Å²) in [5.41, 5.74) is 5.56. The van der Waals surface area contributed by atoms with Crippen LogP contribution in [0.5, 0.6) is 0 Å². The number of likely N-dealkylation sites (N-methyl/N-ethyl adjacent to an activating group) is 1. The normalized spacial score (nSPS) is 13.3. The molecule has 0 aromatic carbocycles. The molecule has 0 aromatic heterocycles. The maximum atomic E-state index is 8.77. The first-order valence-electron chi connectivity index (χ1n) is 4.31. The standard InChI is InChI=1S/C8H18N2OS/c1-3-7(8(9)12)10(4-2)5-6-11/h7,11H,3-6H2,1-2H3,(H2,9,12). The minimum absolute atomic E-state index is 0.136. The van der Waals surface area contributed by atoms with Gasteiger partial charge in [-0.05, 0) is 13.0 Å². The first kappa shape index (κ1) is 11.8. The van der Waals surface area contributed by atoms with Crippen LogP contribution in [-0.4, -0.2) is 40.7 Å². The average Bonchev–Trinajstić information content (AvgIpc) is 2.03. The van der Waals surface area contributed by atoms with Gasteiger partial charge < -0.3 is 10.8 Å². The summed E-state index contributed by atoms with van der Waals surface area (Å²) >= 11 is 4.93. The van der Waals surface area contributed by atoms with Crippen molar-refractivity contribution in [3.63, 3.8) is 0 Å². The van der Waals surface area contributed by atoms with Crippen LogP contribution in [0.3, 0.4) is 0 Å². The van der Waals surface area contributed by atoms with Crippen LogP contribution in [0.25, 0.3) is 0 Å². The van der Waals surface area contributed by atoms with Gasteiger partial charge in [0.1, 0.15) is 0 Å². The quantitative estimate of drug-likeness (QED) is 0.594. The maximum Gasteiger partial charge on any atom is 0.0901 e. The van der Waals surface area contributed by atoms with Gasteiger partial charge >= 0.3 is 0 Å². The topological polar surface area (TPSA) is 49.5 Å². The van der Waals surface area contributed by atoms with Crippen LogP contribution in [0.4, 0.5) is 0 Å². The molecule has 3 nitrogen and oxygen atoms in total. The van der Waals surface area contributed by atoms with Crippen molar-refractivity contribution in [3.8, 4) is 0 Å². The second-order valence-electron chi connectivity index (χ2n) is 2.68. The molecule has 4 heteroatoms. The Labute approximate surface area is 79.5 Å². The van der Waals surface area contributed by atoms with Gasteiger partial charge in [0.25, 0.3) is 0 Å². The lowest BCUT2D eigenvalue weighted by atomic mass is 10.2. The summed E-state index contributed by atoms with van der Waals surface area (Å²) in [5.74, 6) is 0. The van der Waals surface area contributed by atoms with Crippen LogP contribution in [-0.2, 0) is 0 Å². The molecule has 0 heterocycles. The van der Waals surface area contributed by atoms with E-state index in [0.717, 1.165) is 13.0 Å². The van der Waals surface area contributed by atoms with Crippen LogP contribution < -0.4 is 5.73 Å². The molecular formula is C8H18N2OS. The number of nitrogens with two attached hydrogens (primary N) is 1. The Morgan fingerprint density at radius 1 is 1.58 bits per heavy atom. The molecule has 0 rings (SSSR count). The first-order valence-corrected chi connectivity index (χ1v) is 4.72. The molecule has 0 fully saturated rings. The molecule has 0 aromatic rings. The van der Waals surface area contributed by atoms with Crippen molar-refractivity contribution in [1.82, 2.24) is 4.90 Å². The van der Waals surface area contributed by atoms with Crippen molar-refractivity contribution in [1.29, 1.82) is 0 Å². The fourth-order valence-corrected chi connectivity index (χ4v) is 1.62. The third-order valence-corrected chi connectivity index (χ3v) is 2.22. The van der Waals surface area contributed by atoms with E-state index in [9.17, 15) is 0 Å². The van der Waals surface area contributed by atoms with E-state index in [1.165, 1.54) is 0 Å². The number of nitrogens with zero attached hydrogens (tertiary/aromatic N) is 1. The fraction of sp³-hybridized carbons (Fsp3) is 0.875. The van der Waals surface area contributed by atoms with Crippen molar-refractivity contribution in [2.45, 2.75) is 26.3 Å². The van der Waals surface area contributed by atoms with Gasteiger partial charge in [-0.25, -0.2) is 0 Å². The molecule has 0 spiro atoms. The minimum atomic E-state index is 0.136. The molecule has 0 amide bonds. The molecule has 3 N–H and O–H groups in total. The first-order chi connectivity index (χ1) is 5.67. The Bertz CT molecular complexity index is 141. The molecule has 1 unspecified atom stereocenters. The van der Waals surface area contributed by atoms with Crippen molar-refractivity contribution in [3.05, 3.63) is 0 Å². The highest BCUT2D eigenvalue weighted by molar-refractivity contribution is 7.80. The molecule has 0 saturated heterocycles. The number of thiocarbonyl (C=S) groups is 1. The zero-order valence-corrected chi connectivity index (χ0v) is 8.60. The van der Waals surface area contributed by atoms with E-state index >= 15 is 0 Å². The van der Waals surface area contributed by atoms with E-state index in [1.54, 1.807) is 0 Å². The summed E-state index contributed by atoms with van der Waals surface area (Å²) in [6, 6.07) is 0.136. The van der Waals surface area contributed by atoms with Gasteiger partial charge in [0.05, 0.1) is 17.6 Å². The number of aliphatic hydroxyl groups is 1. The lowest BCUT2D eigenvalue weighted by molar-refractivity contribution is 0.182. The Balaban J connectivity index is 4.12. The van der Waals surface area contributed by atoms with Gasteiger partial charge in [0.15, 0.2) is 0 Å². The smallest absolute Gasteiger partial charge is 0.0901 e. The van der Waals surface area contributed by atoms with E-state index in [-0.39, 0.29) is 12.6 Å². The maximum absolute atomic E-state index is 8.77. The monoisotopic (exact) mass is 190 g/mol. The average molecular weight is 190 g/mol. The number of hydrogen-bond donors (Lipinski definition) is 2. The summed E-state index contributed by atoms with van der Waals surface area (Å²) in [7, 11) is 0. The van der Waals surface area contributed by atoms with E-state index in [0.29, 0.717) is 11.5 Å². The lowest BCUT2D eigenvalue weighted by Gasteiger charge is -2.28. The highest BCUT2D eigenvalue weighted by Gasteiger charge is 2.16. The van der Waals surface area contributed by atoms with Crippen molar-refractivity contribution in [2.24, 2.45) is 5.73 Å². The molecule has 0 aliphatic carbocycles. The predicted molar refractivity (Wildman–Crippen MR) is 55.2 cm³/mol. The second-order valence-corrected chi connectivity index (χ2v) is 3.15. The SMILES string of the molecule is CCC(C(N)=S)N(CC)CCO. The van der Waals surface area contributed by atoms with Gasteiger partial charge in [-0.2, -0.15) is 0 Å². The second kappa shape index (κ2) is 6.34. The molecule has 0 aliphatic heterocycles. The Morgan fingerprint density at radius 3 is 2.42 bits per heavy atom.